The van der Waals surface area contributed by atoms with Crippen LogP contribution in [-0.2, 0) is 16.0 Å². The molecule has 1 atom stereocenters. The zero-order valence-corrected chi connectivity index (χ0v) is 12.1. The number of ether oxygens (including phenoxy) is 1. The van der Waals surface area contributed by atoms with Gasteiger partial charge in [0.05, 0.1) is 13.2 Å². The number of esters is 1. The molecule has 0 radical (unpaired) electrons. The summed E-state index contributed by atoms with van der Waals surface area (Å²) >= 11 is 0. The Bertz CT molecular complexity index is 580. The summed E-state index contributed by atoms with van der Waals surface area (Å²) in [5.41, 5.74) is 1.27. The zero-order chi connectivity index (χ0) is 14.4. The number of benzene rings is 2. The molecule has 0 aliphatic rings. The summed E-state index contributed by atoms with van der Waals surface area (Å²) in [7, 11) is 0. The van der Waals surface area contributed by atoms with E-state index in [1.165, 1.54) is 16.3 Å². The monoisotopic (exact) mass is 271 g/mol. The van der Waals surface area contributed by atoms with E-state index in [1.54, 1.807) is 0 Å². The summed E-state index contributed by atoms with van der Waals surface area (Å²) in [5.74, 6) is -0.196. The van der Waals surface area contributed by atoms with Crippen LogP contribution in [0.3, 0.4) is 0 Å². The van der Waals surface area contributed by atoms with Crippen LogP contribution in [0.2, 0.25) is 0 Å². The lowest BCUT2D eigenvalue weighted by molar-refractivity contribution is -0.142. The van der Waals surface area contributed by atoms with Gasteiger partial charge in [0.2, 0.25) is 0 Å². The van der Waals surface area contributed by atoms with Gasteiger partial charge in [-0.25, -0.2) is 0 Å². The smallest absolute Gasteiger partial charge is 0.319 e. The third kappa shape index (κ3) is 4.07. The molecule has 3 heteroatoms. The van der Waals surface area contributed by atoms with Crippen LogP contribution in [0, 0.1) is 0 Å². The number of nitrogens with one attached hydrogen (secondary N) is 1. The number of hydrogen-bond donors (Lipinski definition) is 1. The summed E-state index contributed by atoms with van der Waals surface area (Å²) in [6.45, 7) is 4.59. The second kappa shape index (κ2) is 7.06. The topological polar surface area (TPSA) is 38.3 Å². The molecule has 0 aliphatic carbocycles. The standard InChI is InChI=1S/C17H21NO2/c1-3-20-17(19)12-18-13(2)10-14-8-9-15-6-4-5-7-16(15)11-14/h4-9,11,13,18H,3,10,12H2,1-2H3/t13-/m1/s1. The molecule has 0 spiro atoms. The van der Waals surface area contributed by atoms with Gasteiger partial charge in [0, 0.05) is 6.04 Å². The maximum Gasteiger partial charge on any atom is 0.319 e. The quantitative estimate of drug-likeness (QED) is 0.821. The molecule has 0 heterocycles. The third-order valence-corrected chi connectivity index (χ3v) is 3.26. The van der Waals surface area contributed by atoms with Crippen LogP contribution in [0.25, 0.3) is 10.8 Å². The van der Waals surface area contributed by atoms with E-state index in [4.69, 9.17) is 4.74 Å². The SMILES string of the molecule is CCOC(=O)CN[C@H](C)Cc1ccc2ccccc2c1. The largest absolute Gasteiger partial charge is 0.465 e. The van der Waals surface area contributed by atoms with Crippen molar-refractivity contribution in [2.75, 3.05) is 13.2 Å². The van der Waals surface area contributed by atoms with Crippen molar-refractivity contribution in [3.05, 3.63) is 48.0 Å². The van der Waals surface area contributed by atoms with E-state index in [2.05, 4.69) is 48.6 Å². The highest BCUT2D eigenvalue weighted by atomic mass is 16.5. The van der Waals surface area contributed by atoms with Crippen LogP contribution < -0.4 is 5.32 Å². The maximum atomic E-state index is 11.3. The van der Waals surface area contributed by atoms with Crippen molar-refractivity contribution in [1.82, 2.24) is 5.32 Å². The van der Waals surface area contributed by atoms with Crippen LogP contribution in [-0.4, -0.2) is 25.2 Å². The first-order chi connectivity index (χ1) is 9.69. The highest BCUT2D eigenvalue weighted by Crippen LogP contribution is 2.16. The lowest BCUT2D eigenvalue weighted by Crippen LogP contribution is -2.33. The molecule has 2 aromatic rings. The summed E-state index contributed by atoms with van der Waals surface area (Å²) in [6, 6.07) is 15.1. The summed E-state index contributed by atoms with van der Waals surface area (Å²) in [6.07, 6.45) is 0.893. The average molecular weight is 271 g/mol. The molecule has 1 N–H and O–H groups in total. The van der Waals surface area contributed by atoms with E-state index in [9.17, 15) is 4.79 Å². The van der Waals surface area contributed by atoms with Crippen molar-refractivity contribution >= 4 is 16.7 Å². The van der Waals surface area contributed by atoms with Gasteiger partial charge in [-0.2, -0.15) is 0 Å². The Balaban J connectivity index is 1.92. The average Bonchev–Trinajstić information content (AvgIpc) is 2.45. The first kappa shape index (κ1) is 14.5. The molecule has 0 amide bonds. The molecule has 20 heavy (non-hydrogen) atoms. The van der Waals surface area contributed by atoms with Gasteiger partial charge >= 0.3 is 5.97 Å². The van der Waals surface area contributed by atoms with Gasteiger partial charge in [-0.05, 0) is 36.6 Å². The molecule has 3 nitrogen and oxygen atoms in total. The van der Waals surface area contributed by atoms with E-state index >= 15 is 0 Å². The minimum atomic E-state index is -0.196. The molecule has 0 saturated heterocycles. The Morgan fingerprint density at radius 2 is 1.95 bits per heavy atom. The number of fused-ring (bicyclic) bond motifs is 1. The lowest BCUT2D eigenvalue weighted by atomic mass is 10.0. The van der Waals surface area contributed by atoms with Crippen LogP contribution in [0.15, 0.2) is 42.5 Å². The van der Waals surface area contributed by atoms with E-state index in [0.717, 1.165) is 6.42 Å². The molecular formula is C17H21NO2. The van der Waals surface area contributed by atoms with Crippen molar-refractivity contribution in [3.63, 3.8) is 0 Å². The Morgan fingerprint density at radius 1 is 1.20 bits per heavy atom. The number of carbonyl (C=O) groups excluding carboxylic acids is 1. The molecular weight excluding hydrogens is 250 g/mol. The molecule has 2 rings (SSSR count). The van der Waals surface area contributed by atoms with Gasteiger partial charge < -0.3 is 10.1 Å². The number of hydrogen-bond acceptors (Lipinski definition) is 3. The Kier molecular flexibility index (Phi) is 5.13. The van der Waals surface area contributed by atoms with E-state index in [1.807, 2.05) is 13.0 Å². The summed E-state index contributed by atoms with van der Waals surface area (Å²) in [5, 5.41) is 5.69. The van der Waals surface area contributed by atoms with Crippen molar-refractivity contribution in [2.24, 2.45) is 0 Å². The zero-order valence-electron chi connectivity index (χ0n) is 12.1. The fourth-order valence-electron chi connectivity index (χ4n) is 2.26. The molecule has 0 saturated carbocycles. The molecule has 2 aromatic carbocycles. The van der Waals surface area contributed by atoms with E-state index in [0.29, 0.717) is 6.61 Å². The second-order valence-electron chi connectivity index (χ2n) is 4.97. The minimum Gasteiger partial charge on any atom is -0.465 e. The van der Waals surface area contributed by atoms with Gasteiger partial charge in [0.1, 0.15) is 0 Å². The van der Waals surface area contributed by atoms with Crippen molar-refractivity contribution in [2.45, 2.75) is 26.3 Å². The van der Waals surface area contributed by atoms with Gasteiger partial charge in [0.25, 0.3) is 0 Å². The van der Waals surface area contributed by atoms with Gasteiger partial charge in [0.15, 0.2) is 0 Å². The molecule has 0 fully saturated rings. The lowest BCUT2D eigenvalue weighted by Gasteiger charge is -2.13. The maximum absolute atomic E-state index is 11.3. The van der Waals surface area contributed by atoms with Gasteiger partial charge in [-0.3, -0.25) is 4.79 Å². The normalized spacial score (nSPS) is 12.3. The fraction of sp³-hybridized carbons (Fsp3) is 0.353. The minimum absolute atomic E-state index is 0.196. The molecule has 106 valence electrons. The van der Waals surface area contributed by atoms with Crippen LogP contribution >= 0.6 is 0 Å². The van der Waals surface area contributed by atoms with Crippen molar-refractivity contribution < 1.29 is 9.53 Å². The fourth-order valence-corrected chi connectivity index (χ4v) is 2.26. The highest BCUT2D eigenvalue weighted by molar-refractivity contribution is 5.83. The summed E-state index contributed by atoms with van der Waals surface area (Å²) in [4.78, 5) is 11.3. The molecule has 0 unspecified atom stereocenters. The van der Waals surface area contributed by atoms with Crippen molar-refractivity contribution in [1.29, 1.82) is 0 Å². The van der Waals surface area contributed by atoms with Crippen LogP contribution in [0.1, 0.15) is 19.4 Å². The molecule has 0 aliphatic heterocycles. The van der Waals surface area contributed by atoms with E-state index < -0.39 is 0 Å². The number of carbonyl (C=O) groups is 1. The Hall–Kier alpha value is -1.87. The highest BCUT2D eigenvalue weighted by Gasteiger charge is 2.07. The third-order valence-electron chi connectivity index (χ3n) is 3.26. The first-order valence-corrected chi connectivity index (χ1v) is 7.05. The Labute approximate surface area is 119 Å². The molecule has 0 aromatic heterocycles. The van der Waals surface area contributed by atoms with Crippen LogP contribution in [0.4, 0.5) is 0 Å². The van der Waals surface area contributed by atoms with Crippen LogP contribution in [0.5, 0.6) is 0 Å². The van der Waals surface area contributed by atoms with Crippen molar-refractivity contribution in [3.8, 4) is 0 Å². The van der Waals surface area contributed by atoms with E-state index in [-0.39, 0.29) is 18.6 Å². The number of rotatable bonds is 6. The Morgan fingerprint density at radius 3 is 2.70 bits per heavy atom. The van der Waals surface area contributed by atoms with Gasteiger partial charge in [-0.1, -0.05) is 42.5 Å². The first-order valence-electron chi connectivity index (χ1n) is 7.05. The molecule has 0 bridgehead atoms. The predicted octanol–water partition coefficient (Wildman–Crippen LogP) is 2.92. The predicted molar refractivity (Wildman–Crippen MR) is 81.7 cm³/mol. The summed E-state index contributed by atoms with van der Waals surface area (Å²) < 4.78 is 4.90. The second-order valence-corrected chi connectivity index (χ2v) is 4.97. The van der Waals surface area contributed by atoms with Gasteiger partial charge in [-0.15, -0.1) is 0 Å².